The molecule has 0 aliphatic carbocycles. The van der Waals surface area contributed by atoms with Gasteiger partial charge in [0.15, 0.2) is 16.7 Å². The lowest BCUT2D eigenvalue weighted by Gasteiger charge is -2.12. The standard InChI is InChI=1S/C22H24N2O5S2/c1-5-15-7-10-17(11-8-15)31(26,27)23-22-24(6-2)21(25)20(30-22)14-16-9-12-18(28-3)19(13-16)29-4/h7-14H,5-6H2,1-4H3/b20-14-,23-22-. The van der Waals surface area contributed by atoms with Gasteiger partial charge in [-0.25, -0.2) is 0 Å². The van der Waals surface area contributed by atoms with E-state index >= 15 is 0 Å². The molecule has 0 radical (unpaired) electrons. The minimum Gasteiger partial charge on any atom is -0.493 e. The zero-order chi connectivity index (χ0) is 22.6. The maximum Gasteiger partial charge on any atom is 0.284 e. The molecule has 0 unspecified atom stereocenters. The van der Waals surface area contributed by atoms with Crippen LogP contribution < -0.4 is 9.47 Å². The third-order valence-electron chi connectivity index (χ3n) is 4.74. The molecule has 1 heterocycles. The predicted octanol–water partition coefficient (Wildman–Crippen LogP) is 3.95. The largest absolute Gasteiger partial charge is 0.493 e. The number of rotatable bonds is 7. The van der Waals surface area contributed by atoms with Crippen LogP contribution in [0.1, 0.15) is 25.0 Å². The molecule has 1 aliphatic rings. The van der Waals surface area contributed by atoms with Crippen LogP contribution in [0.2, 0.25) is 0 Å². The number of amides is 1. The SMILES string of the molecule is CCc1ccc(S(=O)(=O)/N=C2\S/C(=C\c3ccc(OC)c(OC)c3)C(=O)N2CC)cc1. The average molecular weight is 461 g/mol. The van der Waals surface area contributed by atoms with E-state index in [1.54, 1.807) is 50.4 Å². The van der Waals surface area contributed by atoms with Gasteiger partial charge >= 0.3 is 0 Å². The van der Waals surface area contributed by atoms with E-state index < -0.39 is 10.0 Å². The Hall–Kier alpha value is -2.78. The molecule has 1 saturated heterocycles. The summed E-state index contributed by atoms with van der Waals surface area (Å²) in [6.45, 7) is 4.07. The predicted molar refractivity (Wildman–Crippen MR) is 123 cm³/mol. The summed E-state index contributed by atoms with van der Waals surface area (Å²) < 4.78 is 40.1. The van der Waals surface area contributed by atoms with Gasteiger partial charge in [0.2, 0.25) is 0 Å². The molecule has 7 nitrogen and oxygen atoms in total. The highest BCUT2D eigenvalue weighted by Crippen LogP contribution is 2.35. The zero-order valence-electron chi connectivity index (χ0n) is 17.8. The smallest absolute Gasteiger partial charge is 0.284 e. The summed E-state index contributed by atoms with van der Waals surface area (Å²) in [6.07, 6.45) is 2.50. The van der Waals surface area contributed by atoms with Crippen LogP contribution in [0.4, 0.5) is 0 Å². The van der Waals surface area contributed by atoms with Gasteiger partial charge in [-0.3, -0.25) is 9.69 Å². The molecule has 2 aromatic rings. The number of aryl methyl sites for hydroxylation is 1. The molecule has 0 saturated carbocycles. The van der Waals surface area contributed by atoms with Crippen LogP contribution in [0.25, 0.3) is 6.08 Å². The number of amidine groups is 1. The van der Waals surface area contributed by atoms with Crippen molar-refractivity contribution in [3.63, 3.8) is 0 Å². The van der Waals surface area contributed by atoms with Gasteiger partial charge in [-0.15, -0.1) is 4.40 Å². The molecule has 1 amide bonds. The second kappa shape index (κ2) is 9.57. The van der Waals surface area contributed by atoms with E-state index in [1.165, 1.54) is 24.1 Å². The number of hydrogen-bond acceptors (Lipinski definition) is 6. The lowest BCUT2D eigenvalue weighted by atomic mass is 10.2. The van der Waals surface area contributed by atoms with Crippen LogP contribution in [0.5, 0.6) is 11.5 Å². The second-order valence-corrected chi connectivity index (χ2v) is 9.23. The van der Waals surface area contributed by atoms with E-state index in [1.807, 2.05) is 6.92 Å². The van der Waals surface area contributed by atoms with Gasteiger partial charge in [-0.05, 0) is 66.6 Å². The molecule has 164 valence electrons. The Labute approximate surface area is 186 Å². The van der Waals surface area contributed by atoms with Crippen molar-refractivity contribution < 1.29 is 22.7 Å². The number of nitrogens with zero attached hydrogens (tertiary/aromatic N) is 2. The number of ether oxygens (including phenoxy) is 2. The Morgan fingerprint density at radius 3 is 2.29 bits per heavy atom. The maximum absolute atomic E-state index is 12.8. The summed E-state index contributed by atoms with van der Waals surface area (Å²) in [5.74, 6) is 0.817. The Bertz CT molecular complexity index is 1140. The van der Waals surface area contributed by atoms with E-state index in [-0.39, 0.29) is 16.0 Å². The van der Waals surface area contributed by atoms with Crippen LogP contribution in [-0.4, -0.2) is 45.2 Å². The van der Waals surface area contributed by atoms with Gasteiger partial charge < -0.3 is 9.47 Å². The lowest BCUT2D eigenvalue weighted by Crippen LogP contribution is -2.29. The fourth-order valence-corrected chi connectivity index (χ4v) is 5.25. The summed E-state index contributed by atoms with van der Waals surface area (Å²) in [6, 6.07) is 11.9. The van der Waals surface area contributed by atoms with Crippen LogP contribution in [-0.2, 0) is 21.2 Å². The third kappa shape index (κ3) is 4.94. The van der Waals surface area contributed by atoms with E-state index in [2.05, 4.69) is 4.40 Å². The number of methoxy groups -OCH3 is 2. The molecule has 9 heteroatoms. The van der Waals surface area contributed by atoms with Crippen molar-refractivity contribution in [2.75, 3.05) is 20.8 Å². The number of thioether (sulfide) groups is 1. The summed E-state index contributed by atoms with van der Waals surface area (Å²) >= 11 is 1.04. The molecule has 2 aromatic carbocycles. The summed E-state index contributed by atoms with van der Waals surface area (Å²) in [7, 11) is -0.862. The molecular formula is C22H24N2O5S2. The summed E-state index contributed by atoms with van der Waals surface area (Å²) in [4.78, 5) is 14.7. The van der Waals surface area contributed by atoms with Crippen molar-refractivity contribution in [3.05, 3.63) is 58.5 Å². The van der Waals surface area contributed by atoms with Crippen LogP contribution >= 0.6 is 11.8 Å². The molecule has 0 N–H and O–H groups in total. The average Bonchev–Trinajstić information content (AvgIpc) is 3.06. The van der Waals surface area contributed by atoms with Crippen molar-refractivity contribution in [1.29, 1.82) is 0 Å². The van der Waals surface area contributed by atoms with Crippen LogP contribution in [0.15, 0.2) is 56.7 Å². The monoisotopic (exact) mass is 460 g/mol. The second-order valence-electron chi connectivity index (χ2n) is 6.62. The Morgan fingerprint density at radius 1 is 1.03 bits per heavy atom. The molecule has 1 aliphatic heterocycles. The first-order chi connectivity index (χ1) is 14.8. The minimum absolute atomic E-state index is 0.0959. The van der Waals surface area contributed by atoms with E-state index in [0.29, 0.717) is 22.9 Å². The van der Waals surface area contributed by atoms with Gasteiger partial charge in [0.1, 0.15) is 0 Å². The van der Waals surface area contributed by atoms with Crippen molar-refractivity contribution in [2.45, 2.75) is 25.2 Å². The highest BCUT2D eigenvalue weighted by atomic mass is 32.2. The fourth-order valence-electron chi connectivity index (χ4n) is 3.00. The molecule has 0 bridgehead atoms. The third-order valence-corrected chi connectivity index (χ3v) is 7.14. The number of sulfonamides is 1. The first-order valence-corrected chi connectivity index (χ1v) is 12.0. The zero-order valence-corrected chi connectivity index (χ0v) is 19.4. The van der Waals surface area contributed by atoms with Crippen LogP contribution in [0.3, 0.4) is 0 Å². The Kier molecular flexibility index (Phi) is 7.07. The molecule has 0 spiro atoms. The van der Waals surface area contributed by atoms with E-state index in [0.717, 1.165) is 29.3 Å². The van der Waals surface area contributed by atoms with Gasteiger partial charge in [0.25, 0.3) is 15.9 Å². The van der Waals surface area contributed by atoms with Crippen LogP contribution in [0, 0.1) is 0 Å². The maximum atomic E-state index is 12.8. The molecule has 0 aromatic heterocycles. The van der Waals surface area contributed by atoms with Gasteiger partial charge in [-0.1, -0.05) is 25.1 Å². The number of carbonyl (C=O) groups excluding carboxylic acids is 1. The number of benzene rings is 2. The fraction of sp³-hybridized carbons (Fsp3) is 0.273. The first-order valence-electron chi connectivity index (χ1n) is 9.70. The van der Waals surface area contributed by atoms with Gasteiger partial charge in [0.05, 0.1) is 24.0 Å². The van der Waals surface area contributed by atoms with E-state index in [9.17, 15) is 13.2 Å². The topological polar surface area (TPSA) is 85.3 Å². The minimum atomic E-state index is -3.94. The number of carbonyl (C=O) groups is 1. The van der Waals surface area contributed by atoms with Crippen molar-refractivity contribution >= 4 is 38.9 Å². The van der Waals surface area contributed by atoms with Gasteiger partial charge in [0, 0.05) is 6.54 Å². The first kappa shape index (κ1) is 22.9. The lowest BCUT2D eigenvalue weighted by molar-refractivity contribution is -0.122. The van der Waals surface area contributed by atoms with Crippen molar-refractivity contribution in [3.8, 4) is 11.5 Å². The van der Waals surface area contributed by atoms with Gasteiger partial charge in [-0.2, -0.15) is 8.42 Å². The molecule has 0 atom stereocenters. The highest BCUT2D eigenvalue weighted by Gasteiger charge is 2.34. The molecule has 3 rings (SSSR count). The molecule has 1 fully saturated rings. The number of likely N-dealkylation sites (N-methyl/N-ethyl adjacent to an activating group) is 1. The summed E-state index contributed by atoms with van der Waals surface area (Å²) in [5.41, 5.74) is 1.76. The normalized spacial score (nSPS) is 16.9. The van der Waals surface area contributed by atoms with E-state index in [4.69, 9.17) is 9.47 Å². The molecule has 31 heavy (non-hydrogen) atoms. The highest BCUT2D eigenvalue weighted by molar-refractivity contribution is 8.19. The Balaban J connectivity index is 1.94. The summed E-state index contributed by atoms with van der Waals surface area (Å²) in [5, 5.41) is 0.138. The number of hydrogen-bond donors (Lipinski definition) is 0. The quantitative estimate of drug-likeness (QED) is 0.582. The Morgan fingerprint density at radius 2 is 1.71 bits per heavy atom. The van der Waals surface area contributed by atoms with Crippen molar-refractivity contribution in [1.82, 2.24) is 4.90 Å². The molecular weight excluding hydrogens is 436 g/mol. The van der Waals surface area contributed by atoms with Crippen molar-refractivity contribution in [2.24, 2.45) is 4.40 Å².